The lowest BCUT2D eigenvalue weighted by atomic mass is 10.1. The molecule has 0 aliphatic carbocycles. The number of ether oxygens (including phenoxy) is 6. The topological polar surface area (TPSA) is 107 Å². The molecule has 0 radical (unpaired) electrons. The molecule has 0 spiro atoms. The molecular weight excluding hydrogens is 480 g/mol. The average Bonchev–Trinajstić information content (AvgIpc) is 2.93. The van der Waals surface area contributed by atoms with Crippen LogP contribution < -0.4 is 18.9 Å². The monoisotopic (exact) mass is 504 g/mol. The van der Waals surface area contributed by atoms with E-state index in [1.54, 1.807) is 24.3 Å². The van der Waals surface area contributed by atoms with Gasteiger partial charge >= 0.3 is 17.9 Å². The molecule has 0 N–H and O–H groups in total. The molecule has 9 nitrogen and oxygen atoms in total. The van der Waals surface area contributed by atoms with Crippen molar-refractivity contribution >= 4 is 17.9 Å². The Morgan fingerprint density at radius 3 is 1.78 bits per heavy atom. The van der Waals surface area contributed by atoms with E-state index in [-0.39, 0.29) is 30.6 Å². The summed E-state index contributed by atoms with van der Waals surface area (Å²) >= 11 is 0. The molecule has 0 atom stereocenters. The van der Waals surface area contributed by atoms with Crippen LogP contribution in [0.15, 0.2) is 92.0 Å². The summed E-state index contributed by atoms with van der Waals surface area (Å²) in [4.78, 5) is 34.8. The predicted octanol–water partition coefficient (Wildman–Crippen LogP) is 4.71. The fourth-order valence-electron chi connectivity index (χ4n) is 2.96. The van der Waals surface area contributed by atoms with Gasteiger partial charge < -0.3 is 28.4 Å². The summed E-state index contributed by atoms with van der Waals surface area (Å²) in [6, 6.07) is 18.6. The molecule has 9 heteroatoms. The maximum Gasteiger partial charge on any atom is 0.343 e. The largest absolute Gasteiger partial charge is 0.493 e. The van der Waals surface area contributed by atoms with Crippen LogP contribution in [0.4, 0.5) is 0 Å². The number of carbonyl (C=O) groups excluding carboxylic acids is 3. The molecule has 0 heterocycles. The van der Waals surface area contributed by atoms with Gasteiger partial charge in [0.2, 0.25) is 13.6 Å². The second-order valence-corrected chi connectivity index (χ2v) is 7.16. The molecule has 0 saturated carbocycles. The summed E-state index contributed by atoms with van der Waals surface area (Å²) in [5.74, 6) is -0.329. The van der Waals surface area contributed by atoms with Crippen molar-refractivity contribution in [2.45, 2.75) is 0 Å². The van der Waals surface area contributed by atoms with Crippen LogP contribution in [0.1, 0.15) is 10.4 Å². The van der Waals surface area contributed by atoms with E-state index >= 15 is 0 Å². The fraction of sp³-hybridized carbons (Fsp3) is 0.107. The SMILES string of the molecule is C=CC(=O)OCOc1ccc(-c2ccc(OC(=O)c3ccc(OCOC(=O)C=C)c(OC)c3)cc2)cc1. The van der Waals surface area contributed by atoms with Crippen molar-refractivity contribution < 1.29 is 42.8 Å². The van der Waals surface area contributed by atoms with Crippen LogP contribution >= 0.6 is 0 Å². The standard InChI is InChI=1S/C28H24O9/c1-4-26(29)35-17-33-22-11-6-19(7-12-22)20-8-13-23(14-9-20)37-28(31)21-10-15-24(25(16-21)32-3)34-18-36-27(30)5-2/h4-16H,1-2,17-18H2,3H3. The van der Waals surface area contributed by atoms with Crippen molar-refractivity contribution in [3.8, 4) is 34.1 Å². The summed E-state index contributed by atoms with van der Waals surface area (Å²) in [5, 5.41) is 0. The van der Waals surface area contributed by atoms with Gasteiger partial charge in [-0.1, -0.05) is 37.4 Å². The third-order valence-electron chi connectivity index (χ3n) is 4.83. The van der Waals surface area contributed by atoms with Gasteiger partial charge in [-0.3, -0.25) is 0 Å². The summed E-state index contributed by atoms with van der Waals surface area (Å²) < 4.78 is 31.0. The van der Waals surface area contributed by atoms with Crippen LogP contribution in [0.3, 0.4) is 0 Å². The number of rotatable bonds is 12. The number of carbonyl (C=O) groups is 3. The van der Waals surface area contributed by atoms with Gasteiger partial charge in [0.15, 0.2) is 11.5 Å². The summed E-state index contributed by atoms with van der Waals surface area (Å²) in [6.45, 7) is 6.06. The minimum absolute atomic E-state index is 0.211. The second kappa shape index (κ2) is 13.1. The Hall–Kier alpha value is -5.05. The molecule has 0 unspecified atom stereocenters. The van der Waals surface area contributed by atoms with E-state index in [4.69, 9.17) is 28.4 Å². The first kappa shape index (κ1) is 26.6. The van der Waals surface area contributed by atoms with Crippen molar-refractivity contribution in [3.63, 3.8) is 0 Å². The first-order valence-electron chi connectivity index (χ1n) is 10.9. The van der Waals surface area contributed by atoms with Gasteiger partial charge in [-0.2, -0.15) is 0 Å². The van der Waals surface area contributed by atoms with Crippen molar-refractivity contribution in [3.05, 3.63) is 97.6 Å². The molecule has 0 saturated heterocycles. The molecule has 190 valence electrons. The highest BCUT2D eigenvalue weighted by Gasteiger charge is 2.14. The molecule has 0 fully saturated rings. The maximum absolute atomic E-state index is 12.6. The van der Waals surface area contributed by atoms with Gasteiger partial charge in [0.1, 0.15) is 11.5 Å². The quantitative estimate of drug-likeness (QED) is 0.150. The van der Waals surface area contributed by atoms with Gasteiger partial charge in [-0.15, -0.1) is 0 Å². The minimum atomic E-state index is -0.625. The highest BCUT2D eigenvalue weighted by molar-refractivity contribution is 5.92. The number of benzene rings is 3. The molecule has 0 bridgehead atoms. The Labute approximate surface area is 213 Å². The third-order valence-corrected chi connectivity index (χ3v) is 4.83. The fourth-order valence-corrected chi connectivity index (χ4v) is 2.96. The molecule has 0 aliphatic rings. The van der Waals surface area contributed by atoms with Crippen LogP contribution in [0, 0.1) is 0 Å². The van der Waals surface area contributed by atoms with E-state index in [9.17, 15) is 14.4 Å². The lowest BCUT2D eigenvalue weighted by molar-refractivity contribution is -0.145. The van der Waals surface area contributed by atoms with E-state index in [1.807, 2.05) is 24.3 Å². The molecule has 37 heavy (non-hydrogen) atoms. The van der Waals surface area contributed by atoms with Gasteiger partial charge in [-0.05, 0) is 53.6 Å². The predicted molar refractivity (Wildman–Crippen MR) is 133 cm³/mol. The molecule has 0 aromatic heterocycles. The lowest BCUT2D eigenvalue weighted by Crippen LogP contribution is -2.10. The zero-order valence-corrected chi connectivity index (χ0v) is 20.0. The zero-order valence-electron chi connectivity index (χ0n) is 20.0. The first-order valence-corrected chi connectivity index (χ1v) is 10.9. The first-order chi connectivity index (χ1) is 17.9. The Morgan fingerprint density at radius 1 is 0.703 bits per heavy atom. The van der Waals surface area contributed by atoms with Crippen LogP contribution in [-0.2, 0) is 19.1 Å². The van der Waals surface area contributed by atoms with E-state index < -0.39 is 17.9 Å². The van der Waals surface area contributed by atoms with E-state index in [2.05, 4.69) is 13.2 Å². The van der Waals surface area contributed by atoms with E-state index in [1.165, 1.54) is 25.3 Å². The number of hydrogen-bond donors (Lipinski definition) is 0. The van der Waals surface area contributed by atoms with Gasteiger partial charge in [0.05, 0.1) is 12.7 Å². The van der Waals surface area contributed by atoms with Crippen molar-refractivity contribution in [2.24, 2.45) is 0 Å². The summed E-state index contributed by atoms with van der Waals surface area (Å²) in [5.41, 5.74) is 2.04. The van der Waals surface area contributed by atoms with Crippen LogP contribution in [0.5, 0.6) is 23.0 Å². The second-order valence-electron chi connectivity index (χ2n) is 7.16. The van der Waals surface area contributed by atoms with Crippen LogP contribution in [0.25, 0.3) is 11.1 Å². The Balaban J connectivity index is 1.58. The Morgan fingerprint density at radius 2 is 1.24 bits per heavy atom. The van der Waals surface area contributed by atoms with Crippen LogP contribution in [0.2, 0.25) is 0 Å². The highest BCUT2D eigenvalue weighted by atomic mass is 16.7. The normalized spacial score (nSPS) is 9.97. The number of hydrogen-bond acceptors (Lipinski definition) is 9. The lowest BCUT2D eigenvalue weighted by Gasteiger charge is -2.12. The Bertz CT molecular complexity index is 1260. The Kier molecular flexibility index (Phi) is 9.44. The van der Waals surface area contributed by atoms with Crippen LogP contribution in [-0.4, -0.2) is 38.6 Å². The van der Waals surface area contributed by atoms with Crippen molar-refractivity contribution in [1.82, 2.24) is 0 Å². The number of methoxy groups -OCH3 is 1. The molecular formula is C28H24O9. The zero-order chi connectivity index (χ0) is 26.6. The van der Waals surface area contributed by atoms with Crippen molar-refractivity contribution in [1.29, 1.82) is 0 Å². The molecule has 0 aliphatic heterocycles. The van der Waals surface area contributed by atoms with E-state index in [0.717, 1.165) is 23.3 Å². The van der Waals surface area contributed by atoms with Gasteiger partial charge in [0.25, 0.3) is 0 Å². The molecule has 3 rings (SSSR count). The average molecular weight is 504 g/mol. The number of esters is 3. The molecule has 0 amide bonds. The maximum atomic E-state index is 12.6. The smallest absolute Gasteiger partial charge is 0.343 e. The highest BCUT2D eigenvalue weighted by Crippen LogP contribution is 2.29. The summed E-state index contributed by atoms with van der Waals surface area (Å²) in [6.07, 6.45) is 2.08. The van der Waals surface area contributed by atoms with Gasteiger partial charge in [0, 0.05) is 12.2 Å². The van der Waals surface area contributed by atoms with Crippen molar-refractivity contribution in [2.75, 3.05) is 20.7 Å². The molecule has 3 aromatic rings. The minimum Gasteiger partial charge on any atom is -0.493 e. The summed E-state index contributed by atoms with van der Waals surface area (Å²) in [7, 11) is 1.42. The van der Waals surface area contributed by atoms with E-state index in [0.29, 0.717) is 11.5 Å². The van der Waals surface area contributed by atoms with Gasteiger partial charge in [-0.25, -0.2) is 14.4 Å². The molecule has 3 aromatic carbocycles. The third kappa shape index (κ3) is 7.72.